The molecule has 2 aliphatic rings. The lowest BCUT2D eigenvalue weighted by Crippen LogP contribution is -2.37. The Labute approximate surface area is 103 Å². The molecule has 2 fully saturated rings. The number of hydrogen-bond acceptors (Lipinski definition) is 3. The summed E-state index contributed by atoms with van der Waals surface area (Å²) in [7, 11) is 1.75. The van der Waals surface area contributed by atoms with Gasteiger partial charge in [-0.2, -0.15) is 0 Å². The van der Waals surface area contributed by atoms with Crippen molar-refractivity contribution >= 4 is 5.96 Å². The molecule has 1 saturated heterocycles. The van der Waals surface area contributed by atoms with Crippen molar-refractivity contribution in [2.75, 3.05) is 33.4 Å². The van der Waals surface area contributed by atoms with Crippen LogP contribution in [0.1, 0.15) is 25.7 Å². The van der Waals surface area contributed by atoms with Gasteiger partial charge < -0.3 is 15.8 Å². The van der Waals surface area contributed by atoms with Gasteiger partial charge in [0.2, 0.25) is 0 Å². The summed E-state index contributed by atoms with van der Waals surface area (Å²) in [6.07, 6.45) is 4.96. The summed E-state index contributed by atoms with van der Waals surface area (Å²) in [6, 6.07) is 1.14. The average Bonchev–Trinajstić information content (AvgIpc) is 3.01. The summed E-state index contributed by atoms with van der Waals surface area (Å²) in [5.41, 5.74) is 5.83. The van der Waals surface area contributed by atoms with Gasteiger partial charge in [-0.25, -0.2) is 0 Å². The van der Waals surface area contributed by atoms with Gasteiger partial charge in [0.25, 0.3) is 0 Å². The molecule has 98 valence electrons. The number of hydrogen-bond donors (Lipinski definition) is 2. The van der Waals surface area contributed by atoms with Gasteiger partial charge in [0, 0.05) is 25.7 Å². The van der Waals surface area contributed by atoms with E-state index in [2.05, 4.69) is 15.2 Å². The van der Waals surface area contributed by atoms with Gasteiger partial charge in [-0.3, -0.25) is 9.89 Å². The molecule has 5 heteroatoms. The molecule has 1 unspecified atom stereocenters. The first-order chi connectivity index (χ1) is 8.29. The number of nitrogens with one attached hydrogen (secondary N) is 1. The molecule has 0 aromatic carbocycles. The zero-order valence-corrected chi connectivity index (χ0v) is 10.7. The summed E-state index contributed by atoms with van der Waals surface area (Å²) < 4.78 is 5.12. The minimum absolute atomic E-state index is 0.546. The van der Waals surface area contributed by atoms with Crippen LogP contribution in [0.25, 0.3) is 0 Å². The summed E-state index contributed by atoms with van der Waals surface area (Å²) in [5.74, 6) is 0.617. The Bertz CT molecular complexity index is 265. The van der Waals surface area contributed by atoms with Gasteiger partial charge in [0.1, 0.15) is 0 Å². The quantitative estimate of drug-likeness (QED) is 0.513. The molecule has 2 rings (SSSR count). The van der Waals surface area contributed by atoms with E-state index in [4.69, 9.17) is 10.5 Å². The number of nitrogens with two attached hydrogens (primary N) is 1. The van der Waals surface area contributed by atoms with Crippen molar-refractivity contribution < 1.29 is 4.74 Å². The molecule has 0 amide bonds. The lowest BCUT2D eigenvalue weighted by molar-refractivity contribution is 0.143. The highest BCUT2D eigenvalue weighted by Gasteiger charge is 2.24. The lowest BCUT2D eigenvalue weighted by atomic mass is 10.2. The smallest absolute Gasteiger partial charge is 0.188 e. The Morgan fingerprint density at radius 1 is 1.47 bits per heavy atom. The SMILES string of the molecule is COCCN1CCCC1CN=C(N)NC1CC1. The van der Waals surface area contributed by atoms with E-state index >= 15 is 0 Å². The van der Waals surface area contributed by atoms with Crippen LogP contribution in [0.2, 0.25) is 0 Å². The van der Waals surface area contributed by atoms with Crippen LogP contribution in [-0.2, 0) is 4.74 Å². The van der Waals surface area contributed by atoms with E-state index in [-0.39, 0.29) is 0 Å². The Morgan fingerprint density at radius 2 is 2.29 bits per heavy atom. The molecule has 1 aliphatic heterocycles. The number of ether oxygens (including phenoxy) is 1. The second-order valence-corrected chi connectivity index (χ2v) is 4.97. The highest BCUT2D eigenvalue weighted by atomic mass is 16.5. The molecule has 3 N–H and O–H groups in total. The molecule has 0 spiro atoms. The Hall–Kier alpha value is -0.810. The monoisotopic (exact) mass is 240 g/mol. The van der Waals surface area contributed by atoms with Gasteiger partial charge in [-0.05, 0) is 32.2 Å². The molecule has 0 aromatic rings. The molecule has 5 nitrogen and oxygen atoms in total. The summed E-state index contributed by atoms with van der Waals surface area (Å²) in [4.78, 5) is 6.90. The average molecular weight is 240 g/mol. The number of methoxy groups -OCH3 is 1. The molecule has 1 aliphatic carbocycles. The molecular weight excluding hydrogens is 216 g/mol. The molecule has 0 radical (unpaired) electrons. The minimum atomic E-state index is 0.546. The van der Waals surface area contributed by atoms with Crippen LogP contribution in [0.3, 0.4) is 0 Å². The molecule has 1 heterocycles. The third-order valence-electron chi connectivity index (χ3n) is 3.48. The molecule has 1 saturated carbocycles. The normalized spacial score (nSPS) is 26.4. The molecule has 1 atom stereocenters. The molecule has 17 heavy (non-hydrogen) atoms. The van der Waals surface area contributed by atoms with E-state index in [0.717, 1.165) is 19.7 Å². The van der Waals surface area contributed by atoms with Crippen LogP contribution in [0.4, 0.5) is 0 Å². The van der Waals surface area contributed by atoms with Gasteiger partial charge in [0.05, 0.1) is 13.2 Å². The van der Waals surface area contributed by atoms with Crippen LogP contribution < -0.4 is 11.1 Å². The van der Waals surface area contributed by atoms with Crippen molar-refractivity contribution in [2.45, 2.75) is 37.8 Å². The largest absolute Gasteiger partial charge is 0.383 e. The van der Waals surface area contributed by atoms with Crippen molar-refractivity contribution in [1.29, 1.82) is 0 Å². The molecule has 0 bridgehead atoms. The first kappa shape index (κ1) is 12.6. The topological polar surface area (TPSA) is 62.9 Å². The minimum Gasteiger partial charge on any atom is -0.383 e. The van der Waals surface area contributed by atoms with Crippen molar-refractivity contribution in [2.24, 2.45) is 10.7 Å². The predicted octanol–water partition coefficient (Wildman–Crippen LogP) is 0.164. The predicted molar refractivity (Wildman–Crippen MR) is 69.1 cm³/mol. The number of aliphatic imine (C=N–C) groups is 1. The second-order valence-electron chi connectivity index (χ2n) is 4.97. The molecular formula is C12H24N4O. The number of nitrogens with zero attached hydrogens (tertiary/aromatic N) is 2. The highest BCUT2D eigenvalue weighted by Crippen LogP contribution is 2.19. The van der Waals surface area contributed by atoms with Crippen molar-refractivity contribution in [3.63, 3.8) is 0 Å². The maximum Gasteiger partial charge on any atom is 0.188 e. The molecule has 0 aromatic heterocycles. The lowest BCUT2D eigenvalue weighted by Gasteiger charge is -2.22. The number of rotatable bonds is 6. The van der Waals surface area contributed by atoms with E-state index in [0.29, 0.717) is 18.0 Å². The highest BCUT2D eigenvalue weighted by molar-refractivity contribution is 5.78. The number of guanidine groups is 1. The maximum absolute atomic E-state index is 5.83. The first-order valence-electron chi connectivity index (χ1n) is 6.59. The van der Waals surface area contributed by atoms with E-state index in [1.807, 2.05) is 0 Å². The van der Waals surface area contributed by atoms with Crippen molar-refractivity contribution in [3.05, 3.63) is 0 Å². The third-order valence-corrected chi connectivity index (χ3v) is 3.48. The third kappa shape index (κ3) is 4.16. The van der Waals surface area contributed by atoms with Gasteiger partial charge in [-0.1, -0.05) is 0 Å². The van der Waals surface area contributed by atoms with Crippen molar-refractivity contribution in [3.8, 4) is 0 Å². The number of likely N-dealkylation sites (tertiary alicyclic amines) is 1. The van der Waals surface area contributed by atoms with E-state index < -0.39 is 0 Å². The summed E-state index contributed by atoms with van der Waals surface area (Å²) in [5, 5.41) is 3.22. The fourth-order valence-electron chi connectivity index (χ4n) is 2.29. The Morgan fingerprint density at radius 3 is 3.00 bits per heavy atom. The fourth-order valence-corrected chi connectivity index (χ4v) is 2.29. The first-order valence-corrected chi connectivity index (χ1v) is 6.59. The summed E-state index contributed by atoms with van der Waals surface area (Å²) in [6.45, 7) is 3.79. The standard InChI is InChI=1S/C12H24N4O/c1-17-8-7-16-6-2-3-11(16)9-14-12(13)15-10-4-5-10/h10-11H,2-9H2,1H3,(H3,13,14,15). The van der Waals surface area contributed by atoms with Crippen LogP contribution in [0, 0.1) is 0 Å². The second kappa shape index (κ2) is 6.21. The van der Waals surface area contributed by atoms with Crippen LogP contribution in [0.15, 0.2) is 4.99 Å². The van der Waals surface area contributed by atoms with Gasteiger partial charge in [-0.15, -0.1) is 0 Å². The Kier molecular flexibility index (Phi) is 4.62. The zero-order chi connectivity index (χ0) is 12.1. The zero-order valence-electron chi connectivity index (χ0n) is 10.7. The Balaban J connectivity index is 1.72. The van der Waals surface area contributed by atoms with Gasteiger partial charge >= 0.3 is 0 Å². The maximum atomic E-state index is 5.83. The van der Waals surface area contributed by atoms with E-state index in [1.54, 1.807) is 7.11 Å². The van der Waals surface area contributed by atoms with Crippen LogP contribution in [0.5, 0.6) is 0 Å². The van der Waals surface area contributed by atoms with E-state index in [1.165, 1.54) is 32.2 Å². The van der Waals surface area contributed by atoms with Crippen LogP contribution >= 0.6 is 0 Å². The van der Waals surface area contributed by atoms with Crippen molar-refractivity contribution in [1.82, 2.24) is 10.2 Å². The summed E-state index contributed by atoms with van der Waals surface area (Å²) >= 11 is 0. The fraction of sp³-hybridized carbons (Fsp3) is 0.917. The van der Waals surface area contributed by atoms with Crippen LogP contribution in [-0.4, -0.2) is 56.3 Å². The van der Waals surface area contributed by atoms with E-state index in [9.17, 15) is 0 Å². The van der Waals surface area contributed by atoms with Gasteiger partial charge in [0.15, 0.2) is 5.96 Å².